The molecule has 4 rings (SSSR count). The summed E-state index contributed by atoms with van der Waals surface area (Å²) in [6, 6.07) is 7.09. The van der Waals surface area contributed by atoms with Gasteiger partial charge in [-0.15, -0.1) is 0 Å². The van der Waals surface area contributed by atoms with Gasteiger partial charge in [0, 0.05) is 11.8 Å². The van der Waals surface area contributed by atoms with E-state index in [2.05, 4.69) is 0 Å². The normalized spacial score (nSPS) is 29.4. The van der Waals surface area contributed by atoms with Crippen LogP contribution in [-0.2, 0) is 28.6 Å². The van der Waals surface area contributed by atoms with Crippen LogP contribution in [0.15, 0.2) is 24.3 Å². The van der Waals surface area contributed by atoms with Gasteiger partial charge in [-0.25, -0.2) is 4.79 Å². The first-order valence-electron chi connectivity index (χ1n) is 11.0. The molecule has 1 aromatic rings. The first-order chi connectivity index (χ1) is 14.7. The van der Waals surface area contributed by atoms with Crippen molar-refractivity contribution in [2.24, 2.45) is 23.2 Å². The summed E-state index contributed by atoms with van der Waals surface area (Å²) in [6.07, 6.45) is 1.31. The smallest absolute Gasteiger partial charge is 0.344 e. The average Bonchev–Trinajstić information content (AvgIpc) is 3.37. The topological polar surface area (TPSA) is 88.1 Å². The van der Waals surface area contributed by atoms with Crippen LogP contribution in [0.25, 0.3) is 0 Å². The molecular weight excluding hydrogens is 400 g/mol. The van der Waals surface area contributed by atoms with Crippen LogP contribution in [0.5, 0.6) is 5.75 Å². The lowest BCUT2D eigenvalue weighted by Gasteiger charge is -2.25. The van der Waals surface area contributed by atoms with Gasteiger partial charge in [-0.2, -0.15) is 0 Å². The molecule has 1 saturated heterocycles. The fourth-order valence-electron chi connectivity index (χ4n) is 4.76. The van der Waals surface area contributed by atoms with Gasteiger partial charge in [0.05, 0.1) is 11.3 Å². The molecule has 3 aliphatic rings. The van der Waals surface area contributed by atoms with Gasteiger partial charge in [-0.1, -0.05) is 19.1 Å². The number of hydrogen-bond acceptors (Lipinski definition) is 7. The third kappa shape index (κ3) is 4.14. The minimum Gasteiger partial charge on any atom is -0.482 e. The van der Waals surface area contributed by atoms with Gasteiger partial charge < -0.3 is 18.9 Å². The fraction of sp³-hybridized carbons (Fsp3) is 0.625. The van der Waals surface area contributed by atoms with Crippen molar-refractivity contribution < 1.29 is 33.3 Å². The first kappa shape index (κ1) is 21.7. The molecule has 2 aliphatic carbocycles. The molecule has 0 N–H and O–H groups in total. The Hall–Kier alpha value is -2.57. The molecule has 1 heterocycles. The third-order valence-corrected chi connectivity index (χ3v) is 7.11. The van der Waals surface area contributed by atoms with Gasteiger partial charge >= 0.3 is 17.9 Å². The lowest BCUT2D eigenvalue weighted by molar-refractivity contribution is -0.163. The van der Waals surface area contributed by atoms with Gasteiger partial charge in [-0.05, 0) is 57.7 Å². The Morgan fingerprint density at radius 1 is 1.19 bits per heavy atom. The van der Waals surface area contributed by atoms with Crippen molar-refractivity contribution in [1.82, 2.24) is 0 Å². The van der Waals surface area contributed by atoms with Crippen molar-refractivity contribution in [3.63, 3.8) is 0 Å². The van der Waals surface area contributed by atoms with Crippen molar-refractivity contribution >= 4 is 17.9 Å². The maximum absolute atomic E-state index is 12.3. The zero-order valence-electron chi connectivity index (χ0n) is 18.5. The summed E-state index contributed by atoms with van der Waals surface area (Å²) in [5.74, 6) is 0.0726. The summed E-state index contributed by atoms with van der Waals surface area (Å²) >= 11 is 0. The number of carbonyl (C=O) groups excluding carboxylic acids is 3. The second-order valence-electron chi connectivity index (χ2n) is 9.50. The van der Waals surface area contributed by atoms with Crippen LogP contribution in [0.4, 0.5) is 0 Å². The van der Waals surface area contributed by atoms with Gasteiger partial charge in [0.2, 0.25) is 0 Å². The maximum Gasteiger partial charge on any atom is 0.344 e. The van der Waals surface area contributed by atoms with Crippen molar-refractivity contribution in [2.75, 3.05) is 6.61 Å². The minimum absolute atomic E-state index is 0.00516. The first-order valence-corrected chi connectivity index (χ1v) is 11.0. The number of hydrogen-bond donors (Lipinski definition) is 0. The Kier molecular flexibility index (Phi) is 5.71. The zero-order chi connectivity index (χ0) is 22.3. The molecular formula is C24H30O7. The summed E-state index contributed by atoms with van der Waals surface area (Å²) in [5.41, 5.74) is 0.323. The standard InChI is InChI=1S/C24H30O7/c1-5-24(3,4)23(27)29-13(2)14-6-8-16(9-7-14)28-12-19(25)30-20-15-10-17-18(11-15)22(26)31-21(17)20/h6-9,13,15,17-18,20-21H,5,10-12H2,1-4H3. The van der Waals surface area contributed by atoms with Crippen molar-refractivity contribution in [1.29, 1.82) is 0 Å². The van der Waals surface area contributed by atoms with E-state index in [-0.39, 0.29) is 54.6 Å². The Morgan fingerprint density at radius 2 is 1.90 bits per heavy atom. The van der Waals surface area contributed by atoms with Crippen molar-refractivity contribution in [2.45, 2.75) is 65.3 Å². The molecule has 0 spiro atoms. The molecule has 2 saturated carbocycles. The molecule has 168 valence electrons. The minimum atomic E-state index is -0.520. The summed E-state index contributed by atoms with van der Waals surface area (Å²) in [7, 11) is 0. The Balaban J connectivity index is 1.25. The van der Waals surface area contributed by atoms with Gasteiger partial charge in [-0.3, -0.25) is 9.59 Å². The van der Waals surface area contributed by atoms with E-state index >= 15 is 0 Å². The zero-order valence-corrected chi connectivity index (χ0v) is 18.5. The number of benzene rings is 1. The molecule has 1 aromatic carbocycles. The lowest BCUT2D eigenvalue weighted by Crippen LogP contribution is -2.37. The van der Waals surface area contributed by atoms with E-state index in [4.69, 9.17) is 18.9 Å². The van der Waals surface area contributed by atoms with Crippen LogP contribution in [0, 0.1) is 23.2 Å². The highest BCUT2D eigenvalue weighted by Gasteiger charge is 2.63. The number of carbonyl (C=O) groups is 3. The van der Waals surface area contributed by atoms with E-state index in [1.54, 1.807) is 12.1 Å². The fourth-order valence-corrected chi connectivity index (χ4v) is 4.76. The second kappa shape index (κ2) is 8.17. The lowest BCUT2D eigenvalue weighted by atomic mass is 9.88. The molecule has 0 amide bonds. The van der Waals surface area contributed by atoms with Gasteiger partial charge in [0.25, 0.3) is 0 Å². The number of fused-ring (bicyclic) bond motifs is 1. The average molecular weight is 430 g/mol. The van der Waals surface area contributed by atoms with Crippen molar-refractivity contribution in [3.05, 3.63) is 29.8 Å². The molecule has 3 fully saturated rings. The monoisotopic (exact) mass is 430 g/mol. The van der Waals surface area contributed by atoms with Gasteiger partial charge in [0.15, 0.2) is 6.61 Å². The second-order valence-corrected chi connectivity index (χ2v) is 9.50. The molecule has 2 bridgehead atoms. The Morgan fingerprint density at radius 3 is 2.58 bits per heavy atom. The molecule has 6 atom stereocenters. The Bertz CT molecular complexity index is 859. The summed E-state index contributed by atoms with van der Waals surface area (Å²) in [5, 5.41) is 0. The molecule has 31 heavy (non-hydrogen) atoms. The number of ether oxygens (including phenoxy) is 4. The van der Waals surface area contributed by atoms with Crippen LogP contribution >= 0.6 is 0 Å². The van der Waals surface area contributed by atoms with E-state index in [1.165, 1.54) is 0 Å². The molecule has 6 unspecified atom stereocenters. The van der Waals surface area contributed by atoms with Crippen LogP contribution in [0.1, 0.15) is 58.6 Å². The predicted molar refractivity (Wildman–Crippen MR) is 110 cm³/mol. The largest absolute Gasteiger partial charge is 0.482 e. The van der Waals surface area contributed by atoms with Crippen LogP contribution in [0.2, 0.25) is 0 Å². The predicted octanol–water partition coefficient (Wildman–Crippen LogP) is 3.60. The molecule has 0 radical (unpaired) electrons. The summed E-state index contributed by atoms with van der Waals surface area (Å²) in [6.45, 7) is 7.30. The van der Waals surface area contributed by atoms with E-state index < -0.39 is 11.4 Å². The van der Waals surface area contributed by atoms with Crippen LogP contribution in [-0.4, -0.2) is 36.7 Å². The highest BCUT2D eigenvalue weighted by Crippen LogP contribution is 2.55. The van der Waals surface area contributed by atoms with E-state index in [1.807, 2.05) is 39.8 Å². The summed E-state index contributed by atoms with van der Waals surface area (Å²) in [4.78, 5) is 36.4. The molecule has 0 aromatic heterocycles. The van der Waals surface area contributed by atoms with Crippen LogP contribution < -0.4 is 4.74 Å². The van der Waals surface area contributed by atoms with Gasteiger partial charge in [0.1, 0.15) is 24.1 Å². The quantitative estimate of drug-likeness (QED) is 0.460. The molecule has 7 heteroatoms. The highest BCUT2D eigenvalue weighted by molar-refractivity contribution is 5.77. The van der Waals surface area contributed by atoms with Crippen molar-refractivity contribution in [3.8, 4) is 5.75 Å². The summed E-state index contributed by atoms with van der Waals surface area (Å²) < 4.78 is 22.1. The third-order valence-electron chi connectivity index (χ3n) is 7.11. The molecule has 1 aliphatic heterocycles. The van der Waals surface area contributed by atoms with E-state index in [0.29, 0.717) is 12.2 Å². The number of esters is 3. The van der Waals surface area contributed by atoms with E-state index in [9.17, 15) is 14.4 Å². The molecule has 7 nitrogen and oxygen atoms in total. The van der Waals surface area contributed by atoms with Crippen LogP contribution in [0.3, 0.4) is 0 Å². The Labute approximate surface area is 182 Å². The highest BCUT2D eigenvalue weighted by atomic mass is 16.6. The maximum atomic E-state index is 12.3. The van der Waals surface area contributed by atoms with E-state index in [0.717, 1.165) is 18.4 Å². The SMILES string of the molecule is CCC(C)(C)C(=O)OC(C)c1ccc(OCC(=O)OC2C3CC4C(=O)OC2C4C3)cc1. The number of rotatable bonds is 8.